The summed E-state index contributed by atoms with van der Waals surface area (Å²) in [7, 11) is 0. The highest BCUT2D eigenvalue weighted by atomic mass is 32.2. The lowest BCUT2D eigenvalue weighted by molar-refractivity contribution is 0.0700. The van der Waals surface area contributed by atoms with Gasteiger partial charge in [-0.15, -0.1) is 0 Å². The first-order valence-corrected chi connectivity index (χ1v) is 6.96. The summed E-state index contributed by atoms with van der Waals surface area (Å²) >= 11 is 1.97. The van der Waals surface area contributed by atoms with E-state index in [0.29, 0.717) is 5.92 Å². The molecule has 1 aliphatic carbocycles. The number of aliphatic hydroxyl groups excluding tert-OH is 1. The van der Waals surface area contributed by atoms with Crippen molar-refractivity contribution >= 4 is 11.8 Å². The number of hydrogen-bond donors (Lipinski definition) is 2. The molecule has 0 spiro atoms. The van der Waals surface area contributed by atoms with Crippen LogP contribution in [0.1, 0.15) is 32.6 Å². The molecule has 0 aliphatic heterocycles. The molecule has 2 atom stereocenters. The molecule has 14 heavy (non-hydrogen) atoms. The van der Waals surface area contributed by atoms with Crippen molar-refractivity contribution in [2.75, 3.05) is 24.6 Å². The van der Waals surface area contributed by atoms with E-state index < -0.39 is 0 Å². The van der Waals surface area contributed by atoms with E-state index in [1.165, 1.54) is 30.8 Å². The molecule has 0 aromatic carbocycles. The van der Waals surface area contributed by atoms with Gasteiger partial charge in [-0.2, -0.15) is 11.8 Å². The fourth-order valence-electron chi connectivity index (χ4n) is 2.00. The van der Waals surface area contributed by atoms with Crippen LogP contribution in [0.2, 0.25) is 0 Å². The van der Waals surface area contributed by atoms with Crippen molar-refractivity contribution < 1.29 is 5.11 Å². The van der Waals surface area contributed by atoms with E-state index in [1.54, 1.807) is 0 Å². The first kappa shape index (κ1) is 12.3. The van der Waals surface area contributed by atoms with Crippen molar-refractivity contribution in [2.24, 2.45) is 5.92 Å². The summed E-state index contributed by atoms with van der Waals surface area (Å²) in [6, 6.07) is 0. The lowest BCUT2D eigenvalue weighted by Gasteiger charge is -2.27. The lowest BCUT2D eigenvalue weighted by atomic mass is 9.86. The van der Waals surface area contributed by atoms with E-state index in [1.807, 2.05) is 11.8 Å². The predicted molar refractivity (Wildman–Crippen MR) is 63.8 cm³/mol. The van der Waals surface area contributed by atoms with Crippen LogP contribution < -0.4 is 5.32 Å². The molecule has 0 bridgehead atoms. The van der Waals surface area contributed by atoms with Crippen LogP contribution >= 0.6 is 11.8 Å². The van der Waals surface area contributed by atoms with E-state index in [4.69, 9.17) is 0 Å². The highest BCUT2D eigenvalue weighted by Crippen LogP contribution is 2.23. The second-order valence-corrected chi connectivity index (χ2v) is 5.41. The van der Waals surface area contributed by atoms with Crippen molar-refractivity contribution in [3.63, 3.8) is 0 Å². The van der Waals surface area contributed by atoms with Crippen LogP contribution in [0.25, 0.3) is 0 Å². The summed E-state index contributed by atoms with van der Waals surface area (Å²) in [6.07, 6.45) is 4.68. The van der Waals surface area contributed by atoms with E-state index in [-0.39, 0.29) is 6.10 Å². The van der Waals surface area contributed by atoms with Gasteiger partial charge < -0.3 is 10.4 Å². The summed E-state index contributed by atoms with van der Waals surface area (Å²) in [6.45, 7) is 4.28. The van der Waals surface area contributed by atoms with Gasteiger partial charge in [0.2, 0.25) is 0 Å². The van der Waals surface area contributed by atoms with Gasteiger partial charge in [0, 0.05) is 18.8 Å². The second kappa shape index (κ2) is 7.55. The Balaban J connectivity index is 1.99. The van der Waals surface area contributed by atoms with Crippen molar-refractivity contribution in [1.29, 1.82) is 0 Å². The highest BCUT2D eigenvalue weighted by Gasteiger charge is 2.21. The van der Waals surface area contributed by atoms with E-state index in [0.717, 1.165) is 19.5 Å². The van der Waals surface area contributed by atoms with Crippen LogP contribution in [0.4, 0.5) is 0 Å². The molecule has 2 nitrogen and oxygen atoms in total. The zero-order chi connectivity index (χ0) is 10.2. The molecule has 2 N–H and O–H groups in total. The number of rotatable bonds is 6. The number of hydrogen-bond acceptors (Lipinski definition) is 3. The van der Waals surface area contributed by atoms with E-state index in [9.17, 15) is 5.11 Å². The van der Waals surface area contributed by atoms with Crippen molar-refractivity contribution in [3.05, 3.63) is 0 Å². The molecule has 1 rings (SSSR count). The number of thioether (sulfide) groups is 1. The molecule has 0 aromatic rings. The Morgan fingerprint density at radius 1 is 1.36 bits per heavy atom. The summed E-state index contributed by atoms with van der Waals surface area (Å²) in [5.41, 5.74) is 0. The van der Waals surface area contributed by atoms with Crippen LogP contribution in [0.5, 0.6) is 0 Å². The smallest absolute Gasteiger partial charge is 0.0580 e. The minimum atomic E-state index is -0.0462. The molecule has 0 amide bonds. The average Bonchev–Trinajstić information content (AvgIpc) is 2.20. The minimum Gasteiger partial charge on any atom is -0.393 e. The molecule has 0 heterocycles. The van der Waals surface area contributed by atoms with Crippen LogP contribution in [-0.4, -0.2) is 35.8 Å². The Kier molecular flexibility index (Phi) is 6.65. The van der Waals surface area contributed by atoms with Gasteiger partial charge in [-0.05, 0) is 24.5 Å². The minimum absolute atomic E-state index is 0.0462. The Morgan fingerprint density at radius 3 is 2.86 bits per heavy atom. The average molecular weight is 217 g/mol. The van der Waals surface area contributed by atoms with Gasteiger partial charge in [0.25, 0.3) is 0 Å². The molecule has 1 aliphatic rings. The summed E-state index contributed by atoms with van der Waals surface area (Å²) in [5, 5.41) is 13.2. The van der Waals surface area contributed by atoms with E-state index in [2.05, 4.69) is 12.2 Å². The monoisotopic (exact) mass is 217 g/mol. The molecular formula is C11H23NOS. The molecule has 84 valence electrons. The van der Waals surface area contributed by atoms with Crippen LogP contribution in [0, 0.1) is 5.92 Å². The first-order valence-electron chi connectivity index (χ1n) is 5.81. The molecule has 0 radical (unpaired) electrons. The fourth-order valence-corrected chi connectivity index (χ4v) is 2.58. The first-order chi connectivity index (χ1) is 6.84. The van der Waals surface area contributed by atoms with Crippen molar-refractivity contribution in [3.8, 4) is 0 Å². The summed E-state index contributed by atoms with van der Waals surface area (Å²) in [5.74, 6) is 2.91. The lowest BCUT2D eigenvalue weighted by Crippen LogP contribution is -2.34. The van der Waals surface area contributed by atoms with Crippen molar-refractivity contribution in [2.45, 2.75) is 38.7 Å². The maximum Gasteiger partial charge on any atom is 0.0580 e. The molecular weight excluding hydrogens is 194 g/mol. The quantitative estimate of drug-likeness (QED) is 0.666. The van der Waals surface area contributed by atoms with Gasteiger partial charge in [0.1, 0.15) is 0 Å². The Hall–Kier alpha value is 0.270. The molecule has 2 unspecified atom stereocenters. The topological polar surface area (TPSA) is 32.3 Å². The van der Waals surface area contributed by atoms with Gasteiger partial charge in [0.15, 0.2) is 0 Å². The third kappa shape index (κ3) is 4.67. The molecule has 0 aromatic heterocycles. The molecule has 1 saturated carbocycles. The molecule has 3 heteroatoms. The zero-order valence-corrected chi connectivity index (χ0v) is 9.98. The van der Waals surface area contributed by atoms with Gasteiger partial charge in [-0.1, -0.05) is 19.8 Å². The normalized spacial score (nSPS) is 27.9. The van der Waals surface area contributed by atoms with Gasteiger partial charge in [0.05, 0.1) is 6.10 Å². The predicted octanol–water partition coefficient (Wildman–Crippen LogP) is 1.88. The standard InChI is InChI=1S/C11H23NOS/c1-2-14-8-7-12-9-10-5-3-4-6-11(10)13/h10-13H,2-9H2,1H3. The van der Waals surface area contributed by atoms with Crippen LogP contribution in [0.15, 0.2) is 0 Å². The fraction of sp³-hybridized carbons (Fsp3) is 1.00. The Bertz CT molecular complexity index is 143. The maximum atomic E-state index is 9.73. The Labute approximate surface area is 91.9 Å². The zero-order valence-electron chi connectivity index (χ0n) is 9.17. The van der Waals surface area contributed by atoms with Gasteiger partial charge in [-0.3, -0.25) is 0 Å². The van der Waals surface area contributed by atoms with Gasteiger partial charge in [-0.25, -0.2) is 0 Å². The van der Waals surface area contributed by atoms with Crippen LogP contribution in [0.3, 0.4) is 0 Å². The maximum absolute atomic E-state index is 9.73. The van der Waals surface area contributed by atoms with Crippen LogP contribution in [-0.2, 0) is 0 Å². The number of aliphatic hydroxyl groups is 1. The van der Waals surface area contributed by atoms with Crippen molar-refractivity contribution in [1.82, 2.24) is 5.32 Å². The van der Waals surface area contributed by atoms with Gasteiger partial charge >= 0.3 is 0 Å². The SMILES string of the molecule is CCSCCNCC1CCCCC1O. The largest absolute Gasteiger partial charge is 0.393 e. The summed E-state index contributed by atoms with van der Waals surface area (Å²) < 4.78 is 0. The Morgan fingerprint density at radius 2 is 2.14 bits per heavy atom. The summed E-state index contributed by atoms with van der Waals surface area (Å²) in [4.78, 5) is 0. The second-order valence-electron chi connectivity index (χ2n) is 4.01. The highest BCUT2D eigenvalue weighted by molar-refractivity contribution is 7.99. The third-order valence-corrected chi connectivity index (χ3v) is 3.80. The molecule has 0 saturated heterocycles. The third-order valence-electron chi connectivity index (χ3n) is 2.90. The van der Waals surface area contributed by atoms with E-state index >= 15 is 0 Å². The number of nitrogens with one attached hydrogen (secondary N) is 1. The molecule has 1 fully saturated rings.